The number of esters is 1. The third-order valence-corrected chi connectivity index (χ3v) is 3.86. The maximum atomic E-state index is 12.3. The van der Waals surface area contributed by atoms with E-state index in [1.165, 1.54) is 0 Å². The summed E-state index contributed by atoms with van der Waals surface area (Å²) in [6, 6.07) is 0. The van der Waals surface area contributed by atoms with E-state index in [4.69, 9.17) is 9.84 Å². The normalized spacial score (nSPS) is 25.4. The van der Waals surface area contributed by atoms with E-state index in [9.17, 15) is 19.2 Å². The third kappa shape index (κ3) is 2.15. The molecule has 0 aromatic heterocycles. The Morgan fingerprint density at radius 1 is 1.11 bits per heavy atom. The lowest BCUT2D eigenvalue weighted by molar-refractivity contribution is -0.159. The highest BCUT2D eigenvalue weighted by atomic mass is 16.5. The number of aliphatic carboxylic acids is 1. The zero-order valence-electron chi connectivity index (χ0n) is 11.3. The van der Waals surface area contributed by atoms with E-state index in [0.29, 0.717) is 0 Å². The monoisotopic (exact) mass is 270 g/mol. The van der Waals surface area contributed by atoms with Crippen molar-refractivity contribution in [2.75, 3.05) is 6.61 Å². The second kappa shape index (κ2) is 5.50. The maximum absolute atomic E-state index is 12.3. The average Bonchev–Trinajstić information content (AvgIpc) is 2.58. The first-order valence-corrected chi connectivity index (χ1v) is 6.35. The van der Waals surface area contributed by atoms with E-state index < -0.39 is 40.8 Å². The van der Waals surface area contributed by atoms with Crippen LogP contribution in [0.1, 0.15) is 33.6 Å². The standard InChI is InChI=1S/C13H18O6/c1-4-13(5-2)9(14)7(11(16)17)8(10(13)15)12(18)19-6-3/h7-8H,4-6H2,1-3H3,(H,16,17). The van der Waals surface area contributed by atoms with Gasteiger partial charge >= 0.3 is 11.9 Å². The predicted octanol–water partition coefficient (Wildman–Crippen LogP) is 0.825. The number of ether oxygens (including phenoxy) is 1. The van der Waals surface area contributed by atoms with Crippen molar-refractivity contribution in [1.29, 1.82) is 0 Å². The Morgan fingerprint density at radius 3 is 1.95 bits per heavy atom. The Kier molecular flexibility index (Phi) is 4.44. The number of hydrogen-bond donors (Lipinski definition) is 1. The molecule has 6 nitrogen and oxygen atoms in total. The van der Waals surface area contributed by atoms with E-state index in [2.05, 4.69) is 0 Å². The van der Waals surface area contributed by atoms with Crippen LogP contribution in [0.3, 0.4) is 0 Å². The van der Waals surface area contributed by atoms with Crippen LogP contribution in [0, 0.1) is 17.3 Å². The molecule has 1 saturated carbocycles. The number of carbonyl (C=O) groups is 4. The molecular weight excluding hydrogens is 252 g/mol. The quantitative estimate of drug-likeness (QED) is 0.587. The molecule has 2 unspecified atom stereocenters. The number of hydrogen-bond acceptors (Lipinski definition) is 5. The van der Waals surface area contributed by atoms with E-state index in [1.807, 2.05) is 0 Å². The van der Waals surface area contributed by atoms with Crippen LogP contribution in [0.15, 0.2) is 0 Å². The molecule has 0 amide bonds. The maximum Gasteiger partial charge on any atom is 0.317 e. The smallest absolute Gasteiger partial charge is 0.317 e. The molecule has 6 heteroatoms. The number of Topliss-reactive ketones (excluding diaryl/α,β-unsaturated/α-hetero) is 2. The van der Waals surface area contributed by atoms with E-state index in [1.54, 1.807) is 20.8 Å². The summed E-state index contributed by atoms with van der Waals surface area (Å²) >= 11 is 0. The number of carboxylic acid groups (broad SMARTS) is 1. The van der Waals surface area contributed by atoms with Gasteiger partial charge in [-0.1, -0.05) is 13.8 Å². The fraction of sp³-hybridized carbons (Fsp3) is 0.692. The lowest BCUT2D eigenvalue weighted by Gasteiger charge is -2.22. The summed E-state index contributed by atoms with van der Waals surface area (Å²) in [5, 5.41) is 9.13. The minimum absolute atomic E-state index is 0.0361. The molecule has 0 aliphatic heterocycles. The van der Waals surface area contributed by atoms with Crippen LogP contribution < -0.4 is 0 Å². The molecule has 0 aromatic carbocycles. The van der Waals surface area contributed by atoms with Crippen LogP contribution in [0.4, 0.5) is 0 Å². The van der Waals surface area contributed by atoms with Crippen molar-refractivity contribution in [2.24, 2.45) is 17.3 Å². The summed E-state index contributed by atoms with van der Waals surface area (Å²) in [6.45, 7) is 4.88. The second-order valence-corrected chi connectivity index (χ2v) is 4.56. The molecule has 19 heavy (non-hydrogen) atoms. The van der Waals surface area contributed by atoms with Crippen molar-refractivity contribution in [2.45, 2.75) is 33.6 Å². The Bertz CT molecular complexity index is 421. The molecule has 0 aromatic rings. The Morgan fingerprint density at radius 2 is 1.58 bits per heavy atom. The molecule has 1 rings (SSSR count). The SMILES string of the molecule is CCOC(=O)C1C(=O)C(CC)(CC)C(=O)C1C(=O)O. The van der Waals surface area contributed by atoms with Crippen LogP contribution in [-0.4, -0.2) is 35.2 Å². The third-order valence-electron chi connectivity index (χ3n) is 3.86. The summed E-state index contributed by atoms with van der Waals surface area (Å²) in [5.74, 6) is -6.78. The molecule has 0 saturated heterocycles. The molecular formula is C13H18O6. The number of ketones is 2. The van der Waals surface area contributed by atoms with Gasteiger partial charge in [0.2, 0.25) is 0 Å². The first-order valence-electron chi connectivity index (χ1n) is 6.35. The molecule has 0 heterocycles. The van der Waals surface area contributed by atoms with Gasteiger partial charge in [0, 0.05) is 0 Å². The highest BCUT2D eigenvalue weighted by molar-refractivity contribution is 6.26. The Hall–Kier alpha value is -1.72. The van der Waals surface area contributed by atoms with Gasteiger partial charge in [-0.3, -0.25) is 19.2 Å². The van der Waals surface area contributed by atoms with Gasteiger partial charge in [-0.2, -0.15) is 0 Å². The fourth-order valence-corrected chi connectivity index (χ4v) is 2.70. The first-order chi connectivity index (χ1) is 8.87. The van der Waals surface area contributed by atoms with E-state index >= 15 is 0 Å². The zero-order valence-corrected chi connectivity index (χ0v) is 11.3. The minimum atomic E-state index is -1.62. The van der Waals surface area contributed by atoms with Crippen molar-refractivity contribution in [3.05, 3.63) is 0 Å². The molecule has 1 aliphatic rings. The molecule has 0 spiro atoms. The van der Waals surface area contributed by atoms with Gasteiger partial charge in [0.1, 0.15) is 11.8 Å². The largest absolute Gasteiger partial charge is 0.481 e. The van der Waals surface area contributed by atoms with Crippen molar-refractivity contribution in [3.8, 4) is 0 Å². The number of carboxylic acids is 1. The fourth-order valence-electron chi connectivity index (χ4n) is 2.70. The molecule has 0 bridgehead atoms. The number of carbonyl (C=O) groups excluding carboxylic acids is 3. The van der Waals surface area contributed by atoms with Gasteiger partial charge in [-0.15, -0.1) is 0 Å². The average molecular weight is 270 g/mol. The first kappa shape index (κ1) is 15.3. The summed E-state index contributed by atoms with van der Waals surface area (Å²) in [4.78, 5) is 47.6. The molecule has 1 fully saturated rings. The Labute approximate surface area is 111 Å². The van der Waals surface area contributed by atoms with Crippen LogP contribution in [-0.2, 0) is 23.9 Å². The van der Waals surface area contributed by atoms with Crippen LogP contribution in [0.5, 0.6) is 0 Å². The summed E-state index contributed by atoms with van der Waals surface area (Å²) < 4.78 is 4.73. The van der Waals surface area contributed by atoms with Crippen molar-refractivity contribution >= 4 is 23.5 Å². The van der Waals surface area contributed by atoms with E-state index in [0.717, 1.165) is 0 Å². The van der Waals surface area contributed by atoms with Gasteiger partial charge in [-0.05, 0) is 19.8 Å². The Balaban J connectivity index is 3.29. The van der Waals surface area contributed by atoms with E-state index in [-0.39, 0.29) is 19.4 Å². The summed E-state index contributed by atoms with van der Waals surface area (Å²) in [6.07, 6.45) is 0.391. The second-order valence-electron chi connectivity index (χ2n) is 4.56. The predicted molar refractivity (Wildman–Crippen MR) is 64.3 cm³/mol. The van der Waals surface area contributed by atoms with Crippen molar-refractivity contribution in [3.63, 3.8) is 0 Å². The minimum Gasteiger partial charge on any atom is -0.481 e. The van der Waals surface area contributed by atoms with Crippen LogP contribution in [0.25, 0.3) is 0 Å². The zero-order chi connectivity index (χ0) is 14.8. The molecule has 1 aliphatic carbocycles. The van der Waals surface area contributed by atoms with Gasteiger partial charge in [-0.25, -0.2) is 0 Å². The topological polar surface area (TPSA) is 97.7 Å². The molecule has 1 N–H and O–H groups in total. The van der Waals surface area contributed by atoms with Crippen molar-refractivity contribution < 1.29 is 29.0 Å². The summed E-state index contributed by atoms with van der Waals surface area (Å²) in [5.41, 5.74) is -1.36. The van der Waals surface area contributed by atoms with Gasteiger partial charge in [0.15, 0.2) is 11.6 Å². The molecule has 106 valence electrons. The van der Waals surface area contributed by atoms with Crippen LogP contribution >= 0.6 is 0 Å². The lowest BCUT2D eigenvalue weighted by Crippen LogP contribution is -2.34. The number of rotatable bonds is 5. The van der Waals surface area contributed by atoms with Crippen molar-refractivity contribution in [1.82, 2.24) is 0 Å². The highest BCUT2D eigenvalue weighted by Gasteiger charge is 2.63. The lowest BCUT2D eigenvalue weighted by atomic mass is 9.78. The summed E-state index contributed by atoms with van der Waals surface area (Å²) in [7, 11) is 0. The molecule has 0 radical (unpaired) electrons. The van der Waals surface area contributed by atoms with Gasteiger partial charge in [0.25, 0.3) is 0 Å². The van der Waals surface area contributed by atoms with Gasteiger partial charge < -0.3 is 9.84 Å². The highest BCUT2D eigenvalue weighted by Crippen LogP contribution is 2.44. The van der Waals surface area contributed by atoms with Gasteiger partial charge in [0.05, 0.1) is 12.0 Å². The molecule has 2 atom stereocenters. The van der Waals surface area contributed by atoms with Crippen LogP contribution in [0.2, 0.25) is 0 Å².